The zero-order chi connectivity index (χ0) is 15.5. The van der Waals surface area contributed by atoms with Gasteiger partial charge < -0.3 is 10.3 Å². The van der Waals surface area contributed by atoms with Gasteiger partial charge in [-0.2, -0.15) is 0 Å². The fourth-order valence-electron chi connectivity index (χ4n) is 1.64. The van der Waals surface area contributed by atoms with E-state index in [1.165, 1.54) is 6.07 Å². The number of sulfonamides is 1. The zero-order valence-corrected chi connectivity index (χ0v) is 12.5. The maximum atomic E-state index is 12.4. The lowest BCUT2D eigenvalue weighted by atomic mass is 10.2. The number of nitrogens with one attached hydrogen (secondary N) is 1. The van der Waals surface area contributed by atoms with Crippen molar-refractivity contribution in [3.8, 4) is 11.8 Å². The number of aryl methyl sites for hydroxylation is 1. The molecule has 0 bridgehead atoms. The minimum Gasteiger partial charge on any atom is -0.337 e. The van der Waals surface area contributed by atoms with E-state index in [9.17, 15) is 8.42 Å². The van der Waals surface area contributed by atoms with Crippen molar-refractivity contribution >= 4 is 15.9 Å². The fraction of sp³-hybridized carbons (Fsp3) is 0.214. The first-order valence-corrected chi connectivity index (χ1v) is 7.67. The molecule has 0 saturated heterocycles. The summed E-state index contributed by atoms with van der Waals surface area (Å²) in [6, 6.07) is 6.43. The largest absolute Gasteiger partial charge is 0.337 e. The molecule has 0 unspecified atom stereocenters. The minimum atomic E-state index is -3.81. The number of anilines is 1. The maximum absolute atomic E-state index is 12.4. The van der Waals surface area contributed by atoms with Gasteiger partial charge in [-0.05, 0) is 26.0 Å². The van der Waals surface area contributed by atoms with Gasteiger partial charge in [-0.3, -0.25) is 0 Å². The first-order valence-electron chi connectivity index (χ1n) is 6.19. The van der Waals surface area contributed by atoms with Crippen molar-refractivity contribution in [1.82, 2.24) is 5.16 Å². The van der Waals surface area contributed by atoms with Crippen LogP contribution in [0.2, 0.25) is 0 Å². The number of hydrogen-bond acceptors (Lipinski definition) is 5. The van der Waals surface area contributed by atoms with Crippen molar-refractivity contribution in [2.24, 2.45) is 5.73 Å². The monoisotopic (exact) mass is 305 g/mol. The summed E-state index contributed by atoms with van der Waals surface area (Å²) in [6.45, 7) is 3.61. The lowest BCUT2D eigenvalue weighted by molar-refractivity contribution is 0.430. The van der Waals surface area contributed by atoms with Crippen molar-refractivity contribution in [3.63, 3.8) is 0 Å². The second-order valence-electron chi connectivity index (χ2n) is 4.33. The molecule has 0 saturated carbocycles. The van der Waals surface area contributed by atoms with Gasteiger partial charge in [0.25, 0.3) is 10.0 Å². The Hall–Kier alpha value is -2.30. The molecule has 0 radical (unpaired) electrons. The summed E-state index contributed by atoms with van der Waals surface area (Å²) >= 11 is 0. The normalized spacial score (nSPS) is 10.8. The molecule has 3 N–H and O–H groups in total. The van der Waals surface area contributed by atoms with Gasteiger partial charge in [-0.15, -0.1) is 0 Å². The zero-order valence-electron chi connectivity index (χ0n) is 11.7. The number of hydrogen-bond donors (Lipinski definition) is 2. The predicted molar refractivity (Wildman–Crippen MR) is 79.2 cm³/mol. The van der Waals surface area contributed by atoms with E-state index < -0.39 is 10.0 Å². The van der Waals surface area contributed by atoms with Crippen molar-refractivity contribution < 1.29 is 12.9 Å². The van der Waals surface area contributed by atoms with E-state index in [0.717, 1.165) is 0 Å². The second kappa shape index (κ2) is 5.99. The van der Waals surface area contributed by atoms with E-state index in [-0.39, 0.29) is 17.3 Å². The Bertz CT molecular complexity index is 813. The van der Waals surface area contributed by atoms with Gasteiger partial charge in [-0.1, -0.05) is 29.1 Å². The molecule has 1 heterocycles. The molecule has 0 aliphatic carbocycles. The molecule has 0 fully saturated rings. The molecule has 2 rings (SSSR count). The Labute approximate surface area is 123 Å². The Morgan fingerprint density at radius 1 is 1.33 bits per heavy atom. The summed E-state index contributed by atoms with van der Waals surface area (Å²) in [7, 11) is -3.81. The second-order valence-corrected chi connectivity index (χ2v) is 5.98. The lowest BCUT2D eigenvalue weighted by Crippen LogP contribution is -2.14. The molecule has 6 nitrogen and oxygen atoms in total. The van der Waals surface area contributed by atoms with Crippen LogP contribution in [-0.2, 0) is 10.0 Å². The molecular weight excluding hydrogens is 290 g/mol. The average molecular weight is 305 g/mol. The van der Waals surface area contributed by atoms with Crippen LogP contribution in [0.15, 0.2) is 33.7 Å². The number of benzene rings is 1. The van der Waals surface area contributed by atoms with Crippen molar-refractivity contribution in [2.45, 2.75) is 18.7 Å². The summed E-state index contributed by atoms with van der Waals surface area (Å²) in [5.41, 5.74) is 6.97. The summed E-state index contributed by atoms with van der Waals surface area (Å²) < 4.78 is 32.3. The predicted octanol–water partition coefficient (Wildman–Crippen LogP) is 1.40. The van der Waals surface area contributed by atoms with Crippen molar-refractivity contribution in [1.29, 1.82) is 0 Å². The van der Waals surface area contributed by atoms with E-state index in [2.05, 4.69) is 21.7 Å². The van der Waals surface area contributed by atoms with Gasteiger partial charge in [0.1, 0.15) is 4.90 Å². The van der Waals surface area contributed by atoms with Crippen LogP contribution in [0.1, 0.15) is 16.8 Å². The van der Waals surface area contributed by atoms with Crippen molar-refractivity contribution in [2.75, 3.05) is 11.3 Å². The van der Waals surface area contributed by atoms with Crippen LogP contribution < -0.4 is 10.5 Å². The highest BCUT2D eigenvalue weighted by Crippen LogP contribution is 2.23. The molecule has 1 aromatic heterocycles. The topological polar surface area (TPSA) is 98.2 Å². The number of rotatable bonds is 3. The first-order chi connectivity index (χ1) is 9.95. The van der Waals surface area contributed by atoms with E-state index in [4.69, 9.17) is 10.3 Å². The van der Waals surface area contributed by atoms with Crippen LogP contribution in [0.5, 0.6) is 0 Å². The smallest absolute Gasteiger partial charge is 0.265 e. The van der Waals surface area contributed by atoms with Gasteiger partial charge in [0.15, 0.2) is 0 Å². The van der Waals surface area contributed by atoms with Crippen molar-refractivity contribution in [3.05, 3.63) is 41.1 Å². The standard InChI is InChI=1S/C14H15N3O3S/c1-10-11(2)16-20-14(10)17-21(18,19)13-8-4-3-6-12(13)7-5-9-15/h3-4,6,8,17H,9,15H2,1-2H3. The molecular formula is C14H15N3O3S. The third kappa shape index (κ3) is 3.24. The molecule has 0 atom stereocenters. The highest BCUT2D eigenvalue weighted by molar-refractivity contribution is 7.92. The molecule has 0 aliphatic rings. The SMILES string of the molecule is Cc1noc(NS(=O)(=O)c2ccccc2C#CCN)c1C. The fourth-order valence-corrected chi connectivity index (χ4v) is 2.85. The quantitative estimate of drug-likeness (QED) is 0.835. The Balaban J connectivity index is 2.43. The van der Waals surface area contributed by atoms with Crippen LogP contribution in [0.4, 0.5) is 5.88 Å². The van der Waals surface area contributed by atoms with Crippen LogP contribution in [-0.4, -0.2) is 20.1 Å². The Morgan fingerprint density at radius 2 is 2.05 bits per heavy atom. The summed E-state index contributed by atoms with van der Waals surface area (Å²) in [5, 5.41) is 3.72. The van der Waals surface area contributed by atoms with E-state index >= 15 is 0 Å². The van der Waals surface area contributed by atoms with Crippen LogP contribution >= 0.6 is 0 Å². The van der Waals surface area contributed by atoms with Gasteiger partial charge in [-0.25, -0.2) is 13.1 Å². The van der Waals surface area contributed by atoms with Gasteiger partial charge >= 0.3 is 0 Å². The molecule has 0 aliphatic heterocycles. The highest BCUT2D eigenvalue weighted by atomic mass is 32.2. The van der Waals surface area contributed by atoms with Gasteiger partial charge in [0, 0.05) is 11.1 Å². The lowest BCUT2D eigenvalue weighted by Gasteiger charge is -2.07. The molecule has 21 heavy (non-hydrogen) atoms. The van der Waals surface area contributed by atoms with E-state index in [1.807, 2.05) is 0 Å². The summed E-state index contributed by atoms with van der Waals surface area (Å²) in [5.74, 6) is 5.50. The maximum Gasteiger partial charge on any atom is 0.265 e. The van der Waals surface area contributed by atoms with Crippen LogP contribution in [0.3, 0.4) is 0 Å². The third-order valence-electron chi connectivity index (χ3n) is 2.89. The molecule has 0 spiro atoms. The molecule has 110 valence electrons. The highest BCUT2D eigenvalue weighted by Gasteiger charge is 2.21. The Morgan fingerprint density at radius 3 is 2.67 bits per heavy atom. The molecule has 7 heteroatoms. The molecule has 2 aromatic rings. The number of aromatic nitrogens is 1. The number of nitrogens with zero attached hydrogens (tertiary/aromatic N) is 1. The third-order valence-corrected chi connectivity index (χ3v) is 4.28. The number of nitrogens with two attached hydrogens (primary N) is 1. The van der Waals surface area contributed by atoms with Gasteiger partial charge in [0.2, 0.25) is 5.88 Å². The minimum absolute atomic E-state index is 0.0689. The Kier molecular flexibility index (Phi) is 4.31. The van der Waals surface area contributed by atoms with E-state index in [0.29, 0.717) is 16.8 Å². The average Bonchev–Trinajstić information content (AvgIpc) is 2.77. The van der Waals surface area contributed by atoms with Crippen LogP contribution in [0, 0.1) is 25.7 Å². The summed E-state index contributed by atoms with van der Waals surface area (Å²) in [6.07, 6.45) is 0. The van der Waals surface area contributed by atoms with Gasteiger partial charge in [0.05, 0.1) is 12.2 Å². The molecule has 0 amide bonds. The first kappa shape index (κ1) is 15.1. The van der Waals surface area contributed by atoms with E-state index in [1.54, 1.807) is 32.0 Å². The summed E-state index contributed by atoms with van der Waals surface area (Å²) in [4.78, 5) is 0.0689. The van der Waals surface area contributed by atoms with Crippen LogP contribution in [0.25, 0.3) is 0 Å². The molecule has 1 aromatic carbocycles.